The summed E-state index contributed by atoms with van der Waals surface area (Å²) in [5.41, 5.74) is 2.80. The molecule has 7 aromatic rings. The number of thioether (sulfide) groups is 1. The van der Waals surface area contributed by atoms with Gasteiger partial charge in [0.05, 0.1) is 41.2 Å². The van der Waals surface area contributed by atoms with E-state index in [0.717, 1.165) is 119 Å². The summed E-state index contributed by atoms with van der Waals surface area (Å²) < 4.78 is 42.2. The molecule has 17 bridgehead atoms. The number of ether oxygens (including phenoxy) is 7. The van der Waals surface area contributed by atoms with Crippen LogP contribution in [-0.2, 0) is 62.1 Å². The van der Waals surface area contributed by atoms with Crippen molar-refractivity contribution < 1.29 is 143 Å². The fourth-order valence-electron chi connectivity index (χ4n) is 16.5. The number of aromatic hydroxyl groups is 6. The number of nitrogens with one attached hydrogen (secondary N) is 8. The van der Waals surface area contributed by atoms with Crippen LogP contribution in [0.5, 0.6) is 69.0 Å². The lowest BCUT2D eigenvalue weighted by Crippen LogP contribution is -2.65. The third-order valence-corrected chi connectivity index (χ3v) is 25.0. The highest BCUT2D eigenvalue weighted by molar-refractivity contribution is 7.99. The predicted molar refractivity (Wildman–Crippen MR) is 456 cm³/mol. The smallest absolute Gasteiger partial charge is 0.333 e. The molecule has 23 N–H and O–H groups in total. The number of fused-ring (bicyclic) bond motifs is 14. The Labute approximate surface area is 754 Å². The van der Waals surface area contributed by atoms with Crippen molar-refractivity contribution in [2.75, 3.05) is 33.6 Å². The number of nitrogens with two attached hydrogens (primary N) is 1. The molecule has 3 fully saturated rings. The monoisotopic (exact) mass is 1870 g/mol. The highest BCUT2D eigenvalue weighted by Gasteiger charge is 2.52. The Bertz CT molecular complexity index is 5510. The van der Waals surface area contributed by atoms with Crippen LogP contribution in [0.4, 0.5) is 0 Å². The van der Waals surface area contributed by atoms with Crippen LogP contribution in [0.2, 0.25) is 10.0 Å². The number of aliphatic hydroxyl groups is 7. The second kappa shape index (κ2) is 39.6. The molecule has 16 rings (SSSR count). The average molecular weight is 1870 g/mol. The van der Waals surface area contributed by atoms with Gasteiger partial charge in [-0.05, 0) is 158 Å². The van der Waals surface area contributed by atoms with Gasteiger partial charge in [0.2, 0.25) is 53.0 Å². The SMILES string of the molecule is CCC[C@@H]1C[C@@H](C(=O)NC(C(C)Cl)[C@H]2O[C@H](SC)[C@H](O)[C@@H](O)[C@H]2O)N(C)C1.COC(=O)C1NC(=O)[C@H]2NC(=O)[C@H](NC(=O)[C@@H]3NC(=O)[C@H]4NC(=O)[C@H](NC(=O)[C@@H](N)c5ccc(O)c(c5)Oc5cc4cc(O)c5C)[C@H](O)c4ccc(c(Cl)c4)Oc4cc3cc(c4O)Oc3ccc(cc3Cl)[C@H]2O[C@@H]2O[C@H](CO)[C@@H](O)[C@H](O)[C@H]2NC(C)=O)c2ccc(O)c(c2)-c2c(O)cc(O)cc21. The maximum absolute atomic E-state index is 16.2. The highest BCUT2D eigenvalue weighted by atomic mass is 35.5. The lowest BCUT2D eigenvalue weighted by Gasteiger charge is -2.44. The number of carbonyl (C=O) groups excluding carboxylic acids is 9. The number of phenols is 6. The Morgan fingerprint density at radius 2 is 1.18 bits per heavy atom. The first-order valence-electron chi connectivity index (χ1n) is 40.5. The van der Waals surface area contributed by atoms with E-state index < -0.39 is 254 Å². The number of rotatable bonds is 12. The normalized spacial score (nSPS) is 28.6. The van der Waals surface area contributed by atoms with Gasteiger partial charge in [0.15, 0.2) is 35.3 Å². The molecule has 43 heteroatoms. The molecule has 9 aliphatic heterocycles. The van der Waals surface area contributed by atoms with Gasteiger partial charge in [-0.3, -0.25) is 43.3 Å². The average Bonchev–Trinajstić information content (AvgIpc) is 1.54. The second-order valence-electron chi connectivity index (χ2n) is 32.1. The molecular weight excluding hydrogens is 1780 g/mol. The minimum absolute atomic E-state index is 0.0145. The maximum atomic E-state index is 16.2. The molecule has 0 radical (unpaired) electrons. The molecule has 0 spiro atoms. The van der Waals surface area contributed by atoms with Crippen LogP contribution in [0, 0.1) is 12.8 Å². The van der Waals surface area contributed by atoms with Crippen LogP contribution in [0.15, 0.2) is 109 Å². The van der Waals surface area contributed by atoms with Crippen molar-refractivity contribution in [2.45, 2.75) is 179 Å². The van der Waals surface area contributed by atoms with Crippen LogP contribution in [0.25, 0.3) is 11.1 Å². The molecule has 7 aromatic carbocycles. The van der Waals surface area contributed by atoms with E-state index in [1.54, 1.807) is 13.2 Å². The molecule has 0 aliphatic carbocycles. The van der Waals surface area contributed by atoms with Crippen molar-refractivity contribution in [3.63, 3.8) is 0 Å². The van der Waals surface area contributed by atoms with Gasteiger partial charge in [0, 0.05) is 41.8 Å². The quantitative estimate of drug-likeness (QED) is 0.0616. The van der Waals surface area contributed by atoms with E-state index in [0.29, 0.717) is 5.92 Å². The zero-order chi connectivity index (χ0) is 93.5. The number of methoxy groups -OCH3 is 1. The number of alkyl halides is 1. The Kier molecular flexibility index (Phi) is 29.2. The molecule has 129 heavy (non-hydrogen) atoms. The number of phenolic OH excluding ortho intramolecular Hbond substituents is 6. The summed E-state index contributed by atoms with van der Waals surface area (Å²) in [5.74, 6) is -16.7. The standard InChI is InChI=1S/C68H62Cl2N8O24.C18H33ClN2O5S/c1-23-38(84)15-29-17-42(23)100-43-16-25(4-9-37(43)83)48(71)61(90)77-53-56(86)27-6-10-40(34(69)13-27)98-44-18-30-19-45(57(44)87)99-41-11-7-28(14-35(41)70)60(102-68-54(72-24(2)80)59(89)58(88)46(22-79)101-68)55-66(95)76-52(67(96)97-3)33-20-31(81)21-39(85)47(33)32-12-26(5-8-36(32)82)49(62(91)78-55)73-64(93)51(30)74-63(92)50(29)75-65(53)94;1-5-6-10-7-11(21(3)8-10)17(25)20-12(9(2)19)16-14(23)13(22)15(24)18(26-16)27-4/h4-21,46,48-56,58-60,68,79,81-89H,22,71H2,1-3H3,(H,72,80)(H,73,93)(H,74,92)(H,75,94)(H,76,95)(H,77,90)(H,78,91);9-16,18,22-24H,5-8H2,1-4H3,(H,20,25)/t46-,48+,49-,50+,51-,52?,53-,54-,55+,56-,58-,59-,60-,68+;9?,10-,11+,12?,13+,14-,15-,16-,18-/m11/s1. The third-order valence-electron chi connectivity index (χ3n) is 23.3. The third kappa shape index (κ3) is 19.9. The van der Waals surface area contributed by atoms with Gasteiger partial charge in [-0.1, -0.05) is 60.8 Å². The van der Waals surface area contributed by atoms with Crippen molar-refractivity contribution in [1.29, 1.82) is 0 Å². The first kappa shape index (κ1) is 95.3. The number of halogens is 3. The van der Waals surface area contributed by atoms with Crippen LogP contribution in [-0.4, -0.2) is 248 Å². The molecule has 23 atom stereocenters. The number of aliphatic hydroxyl groups excluding tert-OH is 7. The molecule has 3 unspecified atom stereocenters. The van der Waals surface area contributed by atoms with E-state index in [4.69, 9.17) is 73.7 Å². The van der Waals surface area contributed by atoms with Crippen molar-refractivity contribution in [3.8, 4) is 80.1 Å². The number of amides is 8. The summed E-state index contributed by atoms with van der Waals surface area (Å²) in [5, 5.41) is 165. The van der Waals surface area contributed by atoms with E-state index in [1.165, 1.54) is 49.0 Å². The Morgan fingerprint density at radius 1 is 0.612 bits per heavy atom. The fourth-order valence-corrected chi connectivity index (χ4v) is 17.8. The molecule has 3 saturated heterocycles. The molecule has 8 amide bonds. The van der Waals surface area contributed by atoms with Crippen LogP contribution >= 0.6 is 46.6 Å². The zero-order valence-corrected chi connectivity index (χ0v) is 72.7. The second-order valence-corrected chi connectivity index (χ2v) is 34.5. The van der Waals surface area contributed by atoms with Crippen LogP contribution in [0.3, 0.4) is 0 Å². The number of nitrogens with zero attached hydrogens (tertiary/aromatic N) is 1. The maximum Gasteiger partial charge on any atom is 0.333 e. The van der Waals surface area contributed by atoms with Gasteiger partial charge in [-0.15, -0.1) is 23.4 Å². The summed E-state index contributed by atoms with van der Waals surface area (Å²) in [7, 11) is 2.85. The van der Waals surface area contributed by atoms with Crippen molar-refractivity contribution >= 4 is 99.8 Å². The molecule has 9 heterocycles. The molecule has 39 nitrogen and oxygen atoms in total. The number of carbonyl (C=O) groups is 9. The van der Waals surface area contributed by atoms with Crippen molar-refractivity contribution in [1.82, 2.24) is 47.4 Å². The number of likely N-dealkylation sites (tertiary alicyclic amines) is 1. The number of hydrogen-bond acceptors (Lipinski definition) is 32. The van der Waals surface area contributed by atoms with Crippen molar-refractivity contribution in [3.05, 3.63) is 164 Å². The fraction of sp³-hybridized carbons (Fsp3) is 0.407. The number of likely N-dealkylation sites (N-methyl/N-ethyl adjacent to an activating group) is 1. The van der Waals surface area contributed by atoms with E-state index in [-0.39, 0.29) is 73.4 Å². The molecule has 0 saturated carbocycles. The van der Waals surface area contributed by atoms with Crippen LogP contribution < -0.4 is 62.5 Å². The molecule has 9 aliphatic rings. The molecule has 0 aromatic heterocycles. The Morgan fingerprint density at radius 3 is 1.80 bits per heavy atom. The predicted octanol–water partition coefficient (Wildman–Crippen LogP) is 3.23. The van der Waals surface area contributed by atoms with Gasteiger partial charge < -0.3 is 148 Å². The zero-order valence-electron chi connectivity index (χ0n) is 69.6. The number of esters is 1. The van der Waals surface area contributed by atoms with Gasteiger partial charge >= 0.3 is 5.97 Å². The largest absolute Gasteiger partial charge is 0.508 e. The first-order chi connectivity index (χ1) is 61.2. The van der Waals surface area contributed by atoms with E-state index in [9.17, 15) is 85.6 Å². The summed E-state index contributed by atoms with van der Waals surface area (Å²) in [6, 6.07) is 1.89. The molecular formula is C86H95Cl3N10O29S. The first-order valence-corrected chi connectivity index (χ1v) is 43.0. The minimum atomic E-state index is -2.35. The highest BCUT2D eigenvalue weighted by Crippen LogP contribution is 2.50. The minimum Gasteiger partial charge on any atom is -0.508 e. The topological polar surface area (TPSA) is 607 Å². The number of hydrogen-bond donors (Lipinski definition) is 22. The van der Waals surface area contributed by atoms with E-state index >= 15 is 24.0 Å². The summed E-state index contributed by atoms with van der Waals surface area (Å²) >= 11 is 21.6. The van der Waals surface area contributed by atoms with Crippen LogP contribution in [0.1, 0.15) is 127 Å². The molecule has 690 valence electrons. The number of benzene rings is 7. The summed E-state index contributed by atoms with van der Waals surface area (Å²) in [4.78, 5) is 135. The van der Waals surface area contributed by atoms with Gasteiger partial charge in [0.1, 0.15) is 143 Å². The lowest BCUT2D eigenvalue weighted by molar-refractivity contribution is -0.284. The summed E-state index contributed by atoms with van der Waals surface area (Å²) in [6.07, 6.45) is -12.0. The van der Waals surface area contributed by atoms with Gasteiger partial charge in [0.25, 0.3) is 0 Å². The Hall–Kier alpha value is -11.3. The lowest BCUT2D eigenvalue weighted by atomic mass is 9.89. The van der Waals surface area contributed by atoms with E-state index in [1.807, 2.05) is 11.9 Å². The van der Waals surface area contributed by atoms with Gasteiger partial charge in [-0.2, -0.15) is 0 Å². The van der Waals surface area contributed by atoms with Gasteiger partial charge in [-0.25, -0.2) is 4.79 Å². The van der Waals surface area contributed by atoms with E-state index in [2.05, 4.69) is 49.5 Å². The summed E-state index contributed by atoms with van der Waals surface area (Å²) in [6.45, 7) is 6.16. The van der Waals surface area contributed by atoms with Crippen molar-refractivity contribution in [2.24, 2.45) is 11.7 Å². The Balaban J connectivity index is 0.000000449.